The molecule has 27 heavy (non-hydrogen) atoms. The molecular formula is C20H23ClFNO3S. The van der Waals surface area contributed by atoms with E-state index in [1.165, 1.54) is 12.1 Å². The van der Waals surface area contributed by atoms with Gasteiger partial charge in [-0.05, 0) is 86.2 Å². The summed E-state index contributed by atoms with van der Waals surface area (Å²) in [5, 5.41) is 2.30. The highest BCUT2D eigenvalue weighted by atomic mass is 35.5. The monoisotopic (exact) mass is 411 g/mol. The van der Waals surface area contributed by atoms with Gasteiger partial charge in [0.1, 0.15) is 11.6 Å². The van der Waals surface area contributed by atoms with Gasteiger partial charge in [-0.2, -0.15) is 0 Å². The second-order valence-electron chi connectivity index (χ2n) is 6.81. The Kier molecular flexibility index (Phi) is 6.32. The molecule has 146 valence electrons. The molecule has 7 heteroatoms. The number of amides is 1. The first-order valence-electron chi connectivity index (χ1n) is 8.44. The smallest absolute Gasteiger partial charge is 0.239 e. The van der Waals surface area contributed by atoms with Gasteiger partial charge in [-0.15, -0.1) is 0 Å². The molecule has 1 amide bonds. The van der Waals surface area contributed by atoms with Crippen LogP contribution in [0, 0.1) is 40.4 Å². The molecule has 0 radical (unpaired) electrons. The SMILES string of the molecule is Cc1c(C)c(C)c(CS(=O)(=O)CC(=O)Nc2ccc(F)c(Cl)c2)c(C)c1C. The number of carbonyl (C=O) groups is 1. The zero-order valence-electron chi connectivity index (χ0n) is 16.0. The predicted octanol–water partition coefficient (Wildman–Crippen LogP) is 4.57. The van der Waals surface area contributed by atoms with Crippen LogP contribution in [0.1, 0.15) is 33.4 Å². The summed E-state index contributed by atoms with van der Waals surface area (Å²) in [4.78, 5) is 12.1. The van der Waals surface area contributed by atoms with E-state index in [9.17, 15) is 17.6 Å². The molecule has 1 N–H and O–H groups in total. The number of carbonyl (C=O) groups excluding carboxylic acids is 1. The maximum atomic E-state index is 13.2. The van der Waals surface area contributed by atoms with Gasteiger partial charge >= 0.3 is 0 Å². The van der Waals surface area contributed by atoms with Gasteiger partial charge < -0.3 is 5.32 Å². The molecule has 0 bridgehead atoms. The van der Waals surface area contributed by atoms with E-state index in [4.69, 9.17) is 11.6 Å². The van der Waals surface area contributed by atoms with Crippen LogP contribution in [0.3, 0.4) is 0 Å². The second-order valence-corrected chi connectivity index (χ2v) is 9.28. The Morgan fingerprint density at radius 3 is 2.04 bits per heavy atom. The summed E-state index contributed by atoms with van der Waals surface area (Å²) < 4.78 is 38.4. The maximum absolute atomic E-state index is 13.2. The molecule has 0 saturated heterocycles. The lowest BCUT2D eigenvalue weighted by molar-refractivity contribution is -0.113. The van der Waals surface area contributed by atoms with Gasteiger partial charge in [0.05, 0.1) is 10.8 Å². The fraction of sp³-hybridized carbons (Fsp3) is 0.350. The summed E-state index contributed by atoms with van der Waals surface area (Å²) in [6.07, 6.45) is 0. The average molecular weight is 412 g/mol. The number of hydrogen-bond acceptors (Lipinski definition) is 3. The van der Waals surface area contributed by atoms with Crippen molar-refractivity contribution in [2.75, 3.05) is 11.1 Å². The average Bonchev–Trinajstić information content (AvgIpc) is 2.58. The number of anilines is 1. The molecule has 0 heterocycles. The van der Waals surface area contributed by atoms with E-state index in [1.807, 2.05) is 34.6 Å². The van der Waals surface area contributed by atoms with Crippen molar-refractivity contribution in [3.63, 3.8) is 0 Å². The van der Waals surface area contributed by atoms with Crippen LogP contribution in [0.4, 0.5) is 10.1 Å². The number of rotatable bonds is 5. The van der Waals surface area contributed by atoms with E-state index in [-0.39, 0.29) is 16.5 Å². The molecule has 2 rings (SSSR count). The fourth-order valence-corrected chi connectivity index (χ4v) is 4.66. The van der Waals surface area contributed by atoms with Gasteiger partial charge in [0.15, 0.2) is 9.84 Å². The molecule has 0 unspecified atom stereocenters. The third-order valence-corrected chi connectivity index (χ3v) is 6.79. The molecule has 2 aromatic carbocycles. The lowest BCUT2D eigenvalue weighted by Gasteiger charge is -2.18. The Morgan fingerprint density at radius 1 is 1.00 bits per heavy atom. The Morgan fingerprint density at radius 2 is 1.52 bits per heavy atom. The molecule has 0 aliphatic heterocycles. The van der Waals surface area contributed by atoms with Gasteiger partial charge in [-0.25, -0.2) is 12.8 Å². The van der Waals surface area contributed by atoms with Crippen molar-refractivity contribution < 1.29 is 17.6 Å². The van der Waals surface area contributed by atoms with Crippen LogP contribution in [0.15, 0.2) is 18.2 Å². The van der Waals surface area contributed by atoms with Crippen molar-refractivity contribution in [3.8, 4) is 0 Å². The van der Waals surface area contributed by atoms with Crippen molar-refractivity contribution in [3.05, 3.63) is 62.4 Å². The van der Waals surface area contributed by atoms with Crippen molar-refractivity contribution in [1.82, 2.24) is 0 Å². The van der Waals surface area contributed by atoms with E-state index < -0.39 is 27.3 Å². The third kappa shape index (κ3) is 4.87. The summed E-state index contributed by atoms with van der Waals surface area (Å²) in [5.41, 5.74) is 6.14. The van der Waals surface area contributed by atoms with Crippen molar-refractivity contribution in [2.24, 2.45) is 0 Å². The lowest BCUT2D eigenvalue weighted by Crippen LogP contribution is -2.24. The predicted molar refractivity (Wildman–Crippen MR) is 108 cm³/mol. The first kappa shape index (κ1) is 21.4. The third-order valence-electron chi connectivity index (χ3n) is 5.07. The highest BCUT2D eigenvalue weighted by Gasteiger charge is 2.22. The van der Waals surface area contributed by atoms with Crippen LogP contribution in [-0.4, -0.2) is 20.1 Å². The van der Waals surface area contributed by atoms with Crippen LogP contribution >= 0.6 is 11.6 Å². The number of hydrogen-bond donors (Lipinski definition) is 1. The van der Waals surface area contributed by atoms with Gasteiger partial charge in [-0.1, -0.05) is 11.6 Å². The maximum Gasteiger partial charge on any atom is 0.239 e. The first-order valence-corrected chi connectivity index (χ1v) is 10.6. The topological polar surface area (TPSA) is 63.2 Å². The van der Waals surface area contributed by atoms with E-state index in [0.717, 1.165) is 39.4 Å². The molecule has 0 saturated carbocycles. The lowest BCUT2D eigenvalue weighted by atomic mass is 9.90. The largest absolute Gasteiger partial charge is 0.325 e. The van der Waals surface area contributed by atoms with Crippen molar-refractivity contribution in [1.29, 1.82) is 0 Å². The summed E-state index contributed by atoms with van der Waals surface area (Å²) in [6.45, 7) is 9.76. The van der Waals surface area contributed by atoms with Gasteiger partial charge in [0.2, 0.25) is 5.91 Å². The fourth-order valence-electron chi connectivity index (χ4n) is 3.04. The second kappa shape index (κ2) is 7.98. The normalized spacial score (nSPS) is 11.5. The molecule has 0 aliphatic carbocycles. The van der Waals surface area contributed by atoms with E-state index in [2.05, 4.69) is 5.32 Å². The first-order chi connectivity index (χ1) is 12.4. The minimum absolute atomic E-state index is 0.146. The van der Waals surface area contributed by atoms with E-state index in [1.54, 1.807) is 0 Å². The molecule has 4 nitrogen and oxygen atoms in total. The number of benzene rings is 2. The van der Waals surface area contributed by atoms with Crippen LogP contribution < -0.4 is 5.32 Å². The quantitative estimate of drug-likeness (QED) is 0.783. The Balaban J connectivity index is 2.20. The Hall–Kier alpha value is -1.92. The highest BCUT2D eigenvalue weighted by molar-refractivity contribution is 7.91. The number of halogens is 2. The van der Waals surface area contributed by atoms with Crippen molar-refractivity contribution >= 4 is 33.0 Å². The summed E-state index contributed by atoms with van der Waals surface area (Å²) >= 11 is 5.67. The van der Waals surface area contributed by atoms with E-state index >= 15 is 0 Å². The van der Waals surface area contributed by atoms with Crippen LogP contribution in [0.2, 0.25) is 5.02 Å². The van der Waals surface area contributed by atoms with Crippen LogP contribution in [0.5, 0.6) is 0 Å². The molecule has 0 aromatic heterocycles. The van der Waals surface area contributed by atoms with Gasteiger partial charge in [0, 0.05) is 5.69 Å². The summed E-state index contributed by atoms with van der Waals surface area (Å²) in [6, 6.07) is 3.67. The molecule has 0 aliphatic rings. The Labute approximate surface area is 164 Å². The standard InChI is InChI=1S/C20H23ClFNO3S/c1-11-12(2)14(4)17(15(5)13(11)3)9-27(25,26)10-20(24)23-16-6-7-19(22)18(21)8-16/h6-8H,9-10H2,1-5H3,(H,23,24). The van der Waals surface area contributed by atoms with Crippen LogP contribution in [0.25, 0.3) is 0 Å². The van der Waals surface area contributed by atoms with Gasteiger partial charge in [-0.3, -0.25) is 4.79 Å². The minimum atomic E-state index is -3.68. The zero-order chi connectivity index (χ0) is 20.5. The number of sulfone groups is 1. The molecule has 0 atom stereocenters. The zero-order valence-corrected chi connectivity index (χ0v) is 17.6. The summed E-state index contributed by atoms with van der Waals surface area (Å²) in [5.74, 6) is -2.16. The highest BCUT2D eigenvalue weighted by Crippen LogP contribution is 2.27. The summed E-state index contributed by atoms with van der Waals surface area (Å²) in [7, 11) is -3.68. The molecule has 0 fully saturated rings. The molecular weight excluding hydrogens is 389 g/mol. The minimum Gasteiger partial charge on any atom is -0.325 e. The van der Waals surface area contributed by atoms with E-state index in [0.29, 0.717) is 0 Å². The Bertz CT molecular complexity index is 987. The van der Waals surface area contributed by atoms with Gasteiger partial charge in [0.25, 0.3) is 0 Å². The number of nitrogens with one attached hydrogen (secondary N) is 1. The van der Waals surface area contributed by atoms with Crippen LogP contribution in [-0.2, 0) is 20.4 Å². The van der Waals surface area contributed by atoms with Crippen molar-refractivity contribution in [2.45, 2.75) is 40.4 Å². The molecule has 0 spiro atoms. The molecule has 2 aromatic rings.